The monoisotopic (exact) mass is 282 g/mol. The topological polar surface area (TPSA) is 83.6 Å². The molecule has 1 aliphatic heterocycles. The molecule has 0 spiro atoms. The number of hydrogen-bond acceptors (Lipinski definition) is 4. The van der Waals surface area contributed by atoms with Crippen LogP contribution >= 0.6 is 11.3 Å². The second-order valence-corrected chi connectivity index (χ2v) is 6.38. The number of amides is 1. The maximum atomic E-state index is 12.5. The van der Waals surface area contributed by atoms with Gasteiger partial charge in [0.25, 0.3) is 0 Å². The van der Waals surface area contributed by atoms with Crippen molar-refractivity contribution in [2.75, 3.05) is 13.1 Å². The Morgan fingerprint density at radius 3 is 2.84 bits per heavy atom. The number of carbonyl (C=O) groups is 2. The molecular formula is C13H18N2O3S. The largest absolute Gasteiger partial charge is 0.479 e. The highest BCUT2D eigenvalue weighted by molar-refractivity contribution is 7.10. The molecule has 0 saturated carbocycles. The molecule has 0 saturated heterocycles. The third-order valence-corrected chi connectivity index (χ3v) is 4.55. The number of rotatable bonds is 3. The maximum absolute atomic E-state index is 12.5. The summed E-state index contributed by atoms with van der Waals surface area (Å²) in [4.78, 5) is 26.5. The van der Waals surface area contributed by atoms with Crippen LogP contribution in [0.4, 0.5) is 0 Å². The molecular weight excluding hydrogens is 264 g/mol. The summed E-state index contributed by atoms with van der Waals surface area (Å²) in [6.07, 6.45) is 0.711. The van der Waals surface area contributed by atoms with Crippen LogP contribution in [0.5, 0.6) is 0 Å². The fraction of sp³-hybridized carbons (Fsp3) is 0.538. The van der Waals surface area contributed by atoms with Gasteiger partial charge in [-0.15, -0.1) is 11.3 Å². The van der Waals surface area contributed by atoms with E-state index in [9.17, 15) is 14.7 Å². The zero-order valence-corrected chi connectivity index (χ0v) is 11.9. The summed E-state index contributed by atoms with van der Waals surface area (Å²) in [6, 6.07) is 0.918. The number of carboxylic acids is 1. The van der Waals surface area contributed by atoms with Crippen LogP contribution in [0.15, 0.2) is 11.4 Å². The van der Waals surface area contributed by atoms with Crippen molar-refractivity contribution in [2.24, 2.45) is 11.1 Å². The molecule has 1 atom stereocenters. The molecule has 0 radical (unpaired) electrons. The van der Waals surface area contributed by atoms with Crippen molar-refractivity contribution < 1.29 is 14.7 Å². The van der Waals surface area contributed by atoms with Gasteiger partial charge in [0.1, 0.15) is 0 Å². The van der Waals surface area contributed by atoms with Gasteiger partial charge in [0.05, 0.1) is 5.41 Å². The highest BCUT2D eigenvalue weighted by Gasteiger charge is 2.41. The number of nitrogens with two attached hydrogens (primary N) is 1. The number of hydrogen-bond donors (Lipinski definition) is 2. The van der Waals surface area contributed by atoms with E-state index in [-0.39, 0.29) is 12.5 Å². The molecule has 1 aliphatic rings. The van der Waals surface area contributed by atoms with Gasteiger partial charge in [-0.3, -0.25) is 4.79 Å². The average Bonchev–Trinajstić information content (AvgIpc) is 2.84. The number of aliphatic carboxylic acids is 1. The van der Waals surface area contributed by atoms with E-state index in [1.54, 1.807) is 31.3 Å². The maximum Gasteiger partial charge on any atom is 0.331 e. The Morgan fingerprint density at radius 1 is 1.58 bits per heavy atom. The molecule has 0 aromatic carbocycles. The SMILES string of the molecule is CC(C)(CN)C(=O)N1CCc2sccc2C1C(=O)O. The van der Waals surface area contributed by atoms with Gasteiger partial charge in [-0.2, -0.15) is 0 Å². The predicted octanol–water partition coefficient (Wildman–Crippen LogP) is 1.24. The van der Waals surface area contributed by atoms with E-state index in [1.807, 2.05) is 5.38 Å². The summed E-state index contributed by atoms with van der Waals surface area (Å²) in [7, 11) is 0. The van der Waals surface area contributed by atoms with E-state index in [0.29, 0.717) is 13.0 Å². The van der Waals surface area contributed by atoms with Crippen LogP contribution in [0.25, 0.3) is 0 Å². The summed E-state index contributed by atoms with van der Waals surface area (Å²) in [5.41, 5.74) is 5.62. The van der Waals surface area contributed by atoms with Crippen molar-refractivity contribution in [2.45, 2.75) is 26.3 Å². The van der Waals surface area contributed by atoms with Gasteiger partial charge in [0, 0.05) is 18.0 Å². The molecule has 1 aromatic rings. The average molecular weight is 282 g/mol. The molecule has 2 heterocycles. The van der Waals surface area contributed by atoms with E-state index in [2.05, 4.69) is 0 Å². The van der Waals surface area contributed by atoms with Gasteiger partial charge < -0.3 is 15.7 Å². The molecule has 0 bridgehead atoms. The number of carboxylic acid groups (broad SMARTS) is 1. The van der Waals surface area contributed by atoms with Crippen LogP contribution in [0.1, 0.15) is 30.3 Å². The summed E-state index contributed by atoms with van der Waals surface area (Å²) in [6.45, 7) is 4.13. The van der Waals surface area contributed by atoms with Crippen LogP contribution in [0, 0.1) is 5.41 Å². The van der Waals surface area contributed by atoms with Crippen LogP contribution in [0.2, 0.25) is 0 Å². The lowest BCUT2D eigenvalue weighted by Crippen LogP contribution is -2.50. The molecule has 5 nitrogen and oxygen atoms in total. The third-order valence-electron chi connectivity index (χ3n) is 3.55. The first kappa shape index (κ1) is 14.0. The van der Waals surface area contributed by atoms with Crippen molar-refractivity contribution in [3.05, 3.63) is 21.9 Å². The van der Waals surface area contributed by atoms with Gasteiger partial charge in [-0.1, -0.05) is 0 Å². The van der Waals surface area contributed by atoms with E-state index in [4.69, 9.17) is 5.73 Å². The summed E-state index contributed by atoms with van der Waals surface area (Å²) in [5, 5.41) is 11.3. The van der Waals surface area contributed by atoms with Crippen molar-refractivity contribution in [1.82, 2.24) is 4.90 Å². The van der Waals surface area contributed by atoms with Crippen molar-refractivity contribution in [3.8, 4) is 0 Å². The smallest absolute Gasteiger partial charge is 0.331 e. The minimum atomic E-state index is -0.986. The Labute approximate surface area is 116 Å². The van der Waals surface area contributed by atoms with Crippen LogP contribution in [-0.4, -0.2) is 35.0 Å². The fourth-order valence-corrected chi connectivity index (χ4v) is 3.18. The lowest BCUT2D eigenvalue weighted by Gasteiger charge is -2.37. The van der Waals surface area contributed by atoms with Crippen LogP contribution < -0.4 is 5.73 Å². The Kier molecular flexibility index (Phi) is 3.64. The Balaban J connectivity index is 2.37. The lowest BCUT2D eigenvalue weighted by molar-refractivity contribution is -0.155. The summed E-state index contributed by atoms with van der Waals surface area (Å²) >= 11 is 1.55. The lowest BCUT2D eigenvalue weighted by atomic mass is 9.89. The highest BCUT2D eigenvalue weighted by atomic mass is 32.1. The molecule has 19 heavy (non-hydrogen) atoms. The first-order valence-corrected chi connectivity index (χ1v) is 7.06. The number of nitrogens with zero attached hydrogens (tertiary/aromatic N) is 1. The fourth-order valence-electron chi connectivity index (χ4n) is 2.28. The van der Waals surface area contributed by atoms with E-state index < -0.39 is 17.4 Å². The third kappa shape index (κ3) is 2.37. The Morgan fingerprint density at radius 2 is 2.26 bits per heavy atom. The van der Waals surface area contributed by atoms with Gasteiger partial charge in [0.2, 0.25) is 5.91 Å². The summed E-state index contributed by atoms with van der Waals surface area (Å²) in [5.74, 6) is -1.18. The second-order valence-electron chi connectivity index (χ2n) is 5.38. The van der Waals surface area contributed by atoms with Gasteiger partial charge in [0.15, 0.2) is 6.04 Å². The van der Waals surface area contributed by atoms with Crippen molar-refractivity contribution in [1.29, 1.82) is 0 Å². The van der Waals surface area contributed by atoms with E-state index in [1.165, 1.54) is 4.90 Å². The minimum absolute atomic E-state index is 0.195. The molecule has 1 amide bonds. The van der Waals surface area contributed by atoms with Gasteiger partial charge in [-0.25, -0.2) is 4.79 Å². The number of carbonyl (C=O) groups excluding carboxylic acids is 1. The molecule has 0 aliphatic carbocycles. The van der Waals surface area contributed by atoms with Gasteiger partial charge in [-0.05, 0) is 37.3 Å². The first-order valence-electron chi connectivity index (χ1n) is 6.18. The van der Waals surface area contributed by atoms with Crippen LogP contribution in [0.3, 0.4) is 0 Å². The summed E-state index contributed by atoms with van der Waals surface area (Å²) < 4.78 is 0. The quantitative estimate of drug-likeness (QED) is 0.873. The van der Waals surface area contributed by atoms with Crippen molar-refractivity contribution >= 4 is 23.2 Å². The number of fused-ring (bicyclic) bond motifs is 1. The first-order chi connectivity index (χ1) is 8.88. The Bertz CT molecular complexity index is 510. The normalized spacial score (nSPS) is 19.1. The zero-order chi connectivity index (χ0) is 14.2. The number of thiophene rings is 1. The molecule has 1 aromatic heterocycles. The predicted molar refractivity (Wildman–Crippen MR) is 72.9 cm³/mol. The molecule has 0 fully saturated rings. The van der Waals surface area contributed by atoms with E-state index in [0.717, 1.165) is 10.4 Å². The molecule has 6 heteroatoms. The second kappa shape index (κ2) is 4.94. The van der Waals surface area contributed by atoms with E-state index >= 15 is 0 Å². The highest BCUT2D eigenvalue weighted by Crippen LogP contribution is 2.35. The van der Waals surface area contributed by atoms with Gasteiger partial charge >= 0.3 is 5.97 Å². The molecule has 1 unspecified atom stereocenters. The molecule has 2 rings (SSSR count). The zero-order valence-electron chi connectivity index (χ0n) is 11.0. The molecule has 104 valence electrons. The Hall–Kier alpha value is -1.40. The molecule has 3 N–H and O–H groups in total. The van der Waals surface area contributed by atoms with Crippen LogP contribution in [-0.2, 0) is 16.0 Å². The minimum Gasteiger partial charge on any atom is -0.479 e. The standard InChI is InChI=1S/C13H18N2O3S/c1-13(2,7-14)12(18)15-5-3-9-8(4-6-19-9)10(15)11(16)17/h4,6,10H,3,5,7,14H2,1-2H3,(H,16,17). The van der Waals surface area contributed by atoms with Crippen molar-refractivity contribution in [3.63, 3.8) is 0 Å².